The first-order valence-corrected chi connectivity index (χ1v) is 3.85. The van der Waals surface area contributed by atoms with Crippen molar-refractivity contribution >= 4 is 0 Å². The van der Waals surface area contributed by atoms with Crippen LogP contribution >= 0.6 is 0 Å². The van der Waals surface area contributed by atoms with Crippen LogP contribution in [0.3, 0.4) is 0 Å². The molecule has 0 aromatic carbocycles. The summed E-state index contributed by atoms with van der Waals surface area (Å²) in [5.41, 5.74) is 0. The second-order valence-electron chi connectivity index (χ2n) is 2.70. The lowest BCUT2D eigenvalue weighted by Crippen LogP contribution is -2.23. The maximum Gasteiger partial charge on any atom is 0.179 e. The second-order valence-corrected chi connectivity index (χ2v) is 2.70. The molecule has 0 fully saturated rings. The Hall–Kier alpha value is -0.710. The number of unbranched alkanes of at least 4 members (excludes halogenated alkanes) is 1. The number of nitriles is 1. The molecule has 0 aromatic heterocycles. The van der Waals surface area contributed by atoms with E-state index in [2.05, 4.69) is 20.0 Å². The summed E-state index contributed by atoms with van der Waals surface area (Å²) < 4.78 is 0. The van der Waals surface area contributed by atoms with Crippen molar-refractivity contribution in [3.63, 3.8) is 0 Å². The highest BCUT2D eigenvalue weighted by molar-refractivity contribution is 4.74. The second kappa shape index (κ2) is 5.10. The van der Waals surface area contributed by atoms with Gasteiger partial charge in [0.15, 0.2) is 6.19 Å². The van der Waals surface area contributed by atoms with Crippen LogP contribution in [0, 0.1) is 11.5 Å². The number of nitrogens with zero attached hydrogens (tertiary/aromatic N) is 2. The molecule has 0 heterocycles. The van der Waals surface area contributed by atoms with Gasteiger partial charge in [0, 0.05) is 13.1 Å². The Kier molecular flexibility index (Phi) is 4.74. The molecule has 10 heavy (non-hydrogen) atoms. The van der Waals surface area contributed by atoms with Crippen LogP contribution in [0.4, 0.5) is 0 Å². The van der Waals surface area contributed by atoms with Crippen LogP contribution in [0.5, 0.6) is 0 Å². The summed E-state index contributed by atoms with van der Waals surface area (Å²) in [6.07, 6.45) is 5.66. The molecule has 1 atom stereocenters. The highest BCUT2D eigenvalue weighted by Crippen LogP contribution is 2.04. The van der Waals surface area contributed by atoms with Gasteiger partial charge in [0.1, 0.15) is 0 Å². The molecule has 0 N–H and O–H groups in total. The first kappa shape index (κ1) is 9.29. The number of hydrogen-bond donors (Lipinski definition) is 0. The van der Waals surface area contributed by atoms with Crippen molar-refractivity contribution in [3.8, 4) is 6.19 Å². The molecule has 0 aliphatic heterocycles. The predicted molar refractivity (Wildman–Crippen MR) is 42.4 cm³/mol. The van der Waals surface area contributed by atoms with E-state index in [0.717, 1.165) is 6.42 Å². The molecule has 0 aromatic rings. The molecular formula is C8H16N2. The molecule has 0 rings (SSSR count). The highest BCUT2D eigenvalue weighted by atomic mass is 15.1. The quantitative estimate of drug-likeness (QED) is 0.441. The third-order valence-electron chi connectivity index (χ3n) is 1.79. The highest BCUT2D eigenvalue weighted by Gasteiger charge is 2.04. The third kappa shape index (κ3) is 3.34. The summed E-state index contributed by atoms with van der Waals surface area (Å²) in [6, 6.07) is 0.407. The average Bonchev–Trinajstić information content (AvgIpc) is 1.98. The van der Waals surface area contributed by atoms with Crippen LogP contribution in [-0.2, 0) is 0 Å². The van der Waals surface area contributed by atoms with Crippen LogP contribution in [0.25, 0.3) is 0 Å². The van der Waals surface area contributed by atoms with Crippen LogP contribution in [0.2, 0.25) is 0 Å². The maximum absolute atomic E-state index is 8.48. The van der Waals surface area contributed by atoms with E-state index in [1.165, 1.54) is 12.8 Å². The van der Waals surface area contributed by atoms with E-state index in [1.54, 1.807) is 4.90 Å². The molecule has 0 saturated heterocycles. The summed E-state index contributed by atoms with van der Waals surface area (Å²) in [6.45, 7) is 4.25. The first-order valence-electron chi connectivity index (χ1n) is 3.85. The molecular weight excluding hydrogens is 124 g/mol. The lowest BCUT2D eigenvalue weighted by Gasteiger charge is -2.17. The third-order valence-corrected chi connectivity index (χ3v) is 1.79. The first-order chi connectivity index (χ1) is 4.72. The van der Waals surface area contributed by atoms with Gasteiger partial charge in [-0.15, -0.1) is 0 Å². The van der Waals surface area contributed by atoms with Crippen molar-refractivity contribution in [2.45, 2.75) is 39.2 Å². The van der Waals surface area contributed by atoms with Gasteiger partial charge in [0.05, 0.1) is 0 Å². The molecule has 58 valence electrons. The Morgan fingerprint density at radius 2 is 2.20 bits per heavy atom. The molecule has 0 aliphatic carbocycles. The summed E-state index contributed by atoms with van der Waals surface area (Å²) in [5.74, 6) is 0. The maximum atomic E-state index is 8.48. The molecule has 1 unspecified atom stereocenters. The fraction of sp³-hybridized carbons (Fsp3) is 0.875. The largest absolute Gasteiger partial charge is 0.311 e. The van der Waals surface area contributed by atoms with Gasteiger partial charge in [-0.3, -0.25) is 0 Å². The molecule has 0 bridgehead atoms. The fourth-order valence-electron chi connectivity index (χ4n) is 0.792. The lowest BCUT2D eigenvalue weighted by atomic mass is 10.1. The molecule has 0 aliphatic rings. The van der Waals surface area contributed by atoms with Crippen LogP contribution in [0.15, 0.2) is 0 Å². The summed E-state index contributed by atoms with van der Waals surface area (Å²) in [5, 5.41) is 8.48. The number of hydrogen-bond acceptors (Lipinski definition) is 2. The van der Waals surface area contributed by atoms with Crippen molar-refractivity contribution in [1.29, 1.82) is 5.26 Å². The number of rotatable bonds is 4. The molecule has 0 saturated carbocycles. The minimum atomic E-state index is 0.407. The summed E-state index contributed by atoms with van der Waals surface area (Å²) in [4.78, 5) is 1.70. The molecule has 0 amide bonds. The van der Waals surface area contributed by atoms with Crippen molar-refractivity contribution in [1.82, 2.24) is 4.90 Å². The van der Waals surface area contributed by atoms with E-state index in [9.17, 15) is 0 Å². The standard InChI is InChI=1S/C8H16N2/c1-4-5-6-8(2)10(3)7-9/h8H,4-6H2,1-3H3. The normalized spacial score (nSPS) is 12.2. The van der Waals surface area contributed by atoms with Gasteiger partial charge in [-0.1, -0.05) is 19.8 Å². The average molecular weight is 140 g/mol. The molecule has 2 nitrogen and oxygen atoms in total. The lowest BCUT2D eigenvalue weighted by molar-refractivity contribution is 0.340. The van der Waals surface area contributed by atoms with Gasteiger partial charge >= 0.3 is 0 Å². The smallest absolute Gasteiger partial charge is 0.179 e. The van der Waals surface area contributed by atoms with E-state index in [0.29, 0.717) is 6.04 Å². The van der Waals surface area contributed by atoms with Gasteiger partial charge in [-0.2, -0.15) is 5.26 Å². The van der Waals surface area contributed by atoms with E-state index in [-0.39, 0.29) is 0 Å². The summed E-state index contributed by atoms with van der Waals surface area (Å²) >= 11 is 0. The molecule has 2 heteroatoms. The van der Waals surface area contributed by atoms with Crippen LogP contribution < -0.4 is 0 Å². The van der Waals surface area contributed by atoms with Gasteiger partial charge in [-0.25, -0.2) is 0 Å². The van der Waals surface area contributed by atoms with Crippen LogP contribution in [-0.4, -0.2) is 18.0 Å². The Morgan fingerprint density at radius 3 is 2.60 bits per heavy atom. The minimum absolute atomic E-state index is 0.407. The Balaban J connectivity index is 3.43. The van der Waals surface area contributed by atoms with Gasteiger partial charge < -0.3 is 4.90 Å². The zero-order valence-electron chi connectivity index (χ0n) is 7.09. The van der Waals surface area contributed by atoms with E-state index >= 15 is 0 Å². The van der Waals surface area contributed by atoms with E-state index in [1.807, 2.05) is 7.05 Å². The molecule has 0 spiro atoms. The van der Waals surface area contributed by atoms with E-state index in [4.69, 9.17) is 5.26 Å². The van der Waals surface area contributed by atoms with Crippen LogP contribution in [0.1, 0.15) is 33.1 Å². The van der Waals surface area contributed by atoms with Crippen molar-refractivity contribution < 1.29 is 0 Å². The zero-order valence-corrected chi connectivity index (χ0v) is 7.09. The molecule has 0 radical (unpaired) electrons. The topological polar surface area (TPSA) is 27.0 Å². The Morgan fingerprint density at radius 1 is 1.60 bits per heavy atom. The van der Waals surface area contributed by atoms with Crippen molar-refractivity contribution in [2.24, 2.45) is 0 Å². The van der Waals surface area contributed by atoms with Gasteiger partial charge in [0.2, 0.25) is 0 Å². The SMILES string of the molecule is CCCCC(C)N(C)C#N. The van der Waals surface area contributed by atoms with Gasteiger partial charge in [0.25, 0.3) is 0 Å². The van der Waals surface area contributed by atoms with E-state index < -0.39 is 0 Å². The Bertz CT molecular complexity index is 115. The van der Waals surface area contributed by atoms with Crippen molar-refractivity contribution in [2.75, 3.05) is 7.05 Å². The summed E-state index contributed by atoms with van der Waals surface area (Å²) in [7, 11) is 1.83. The van der Waals surface area contributed by atoms with Gasteiger partial charge in [-0.05, 0) is 13.3 Å². The minimum Gasteiger partial charge on any atom is -0.311 e. The predicted octanol–water partition coefficient (Wildman–Crippen LogP) is 1.98. The Labute approximate surface area is 63.4 Å². The monoisotopic (exact) mass is 140 g/mol. The fourth-order valence-corrected chi connectivity index (χ4v) is 0.792. The zero-order chi connectivity index (χ0) is 7.98. The van der Waals surface area contributed by atoms with Crippen molar-refractivity contribution in [3.05, 3.63) is 0 Å².